The Morgan fingerprint density at radius 1 is 1.55 bits per heavy atom. The SMILES string of the molecule is C[N+](CF)(CCO)C1CC1.[I-]. The Labute approximate surface area is 84.0 Å². The zero-order valence-corrected chi connectivity index (χ0v) is 8.92. The van der Waals surface area contributed by atoms with Crippen LogP contribution in [0.1, 0.15) is 12.8 Å². The lowest BCUT2D eigenvalue weighted by molar-refractivity contribution is -0.932. The van der Waals surface area contributed by atoms with Gasteiger partial charge >= 0.3 is 0 Å². The molecule has 68 valence electrons. The van der Waals surface area contributed by atoms with Crippen molar-refractivity contribution in [2.24, 2.45) is 0 Å². The van der Waals surface area contributed by atoms with Crippen LogP contribution in [0.4, 0.5) is 4.39 Å². The Morgan fingerprint density at radius 2 is 2.09 bits per heavy atom. The number of quaternary nitrogens is 1. The maximum atomic E-state index is 12.4. The number of alkyl halides is 1. The average Bonchev–Trinajstić information content (AvgIpc) is 2.69. The first kappa shape index (κ1) is 11.6. The number of halogens is 2. The second kappa shape index (κ2) is 4.57. The van der Waals surface area contributed by atoms with E-state index < -0.39 is 0 Å². The molecule has 1 aliphatic carbocycles. The molecule has 0 aromatic rings. The second-order valence-corrected chi connectivity index (χ2v) is 3.28. The van der Waals surface area contributed by atoms with Crippen molar-refractivity contribution < 1.29 is 38.0 Å². The van der Waals surface area contributed by atoms with Crippen LogP contribution < -0.4 is 24.0 Å². The molecule has 1 N–H and O–H groups in total. The lowest BCUT2D eigenvalue weighted by Gasteiger charge is -2.30. The smallest absolute Gasteiger partial charge is 0.222 e. The van der Waals surface area contributed by atoms with Crippen LogP contribution in [0.2, 0.25) is 0 Å². The molecule has 1 unspecified atom stereocenters. The minimum absolute atomic E-state index is 0. The Bertz CT molecular complexity index is 121. The highest BCUT2D eigenvalue weighted by Crippen LogP contribution is 2.31. The van der Waals surface area contributed by atoms with Crippen molar-refractivity contribution in [3.05, 3.63) is 0 Å². The summed E-state index contributed by atoms with van der Waals surface area (Å²) < 4.78 is 12.8. The van der Waals surface area contributed by atoms with Crippen molar-refractivity contribution in [3.8, 4) is 0 Å². The van der Waals surface area contributed by atoms with Gasteiger partial charge in [-0.15, -0.1) is 0 Å². The molecule has 0 saturated heterocycles. The molecule has 1 fully saturated rings. The number of likely N-dealkylation sites (N-methyl/N-ethyl adjacent to an activating group) is 1. The van der Waals surface area contributed by atoms with Crippen molar-refractivity contribution in [2.45, 2.75) is 18.9 Å². The van der Waals surface area contributed by atoms with E-state index in [1.807, 2.05) is 7.05 Å². The topological polar surface area (TPSA) is 20.2 Å². The maximum absolute atomic E-state index is 12.4. The number of rotatable bonds is 4. The Balaban J connectivity index is 0.000001000. The molecular formula is C7H15FINO. The van der Waals surface area contributed by atoms with Gasteiger partial charge in [-0.05, 0) is 0 Å². The van der Waals surface area contributed by atoms with E-state index in [9.17, 15) is 4.39 Å². The molecule has 1 saturated carbocycles. The highest BCUT2D eigenvalue weighted by molar-refractivity contribution is 4.74. The van der Waals surface area contributed by atoms with E-state index in [1.165, 1.54) is 0 Å². The van der Waals surface area contributed by atoms with Crippen molar-refractivity contribution in [1.29, 1.82) is 0 Å². The molecular weight excluding hydrogens is 260 g/mol. The Hall–Kier alpha value is 0.580. The fourth-order valence-electron chi connectivity index (χ4n) is 1.27. The maximum Gasteiger partial charge on any atom is 0.222 e. The quantitative estimate of drug-likeness (QED) is 0.342. The fourth-order valence-corrected chi connectivity index (χ4v) is 1.27. The molecule has 1 aliphatic rings. The summed E-state index contributed by atoms with van der Waals surface area (Å²) >= 11 is 0. The minimum atomic E-state index is -0.342. The van der Waals surface area contributed by atoms with Crippen LogP contribution in [0, 0.1) is 0 Å². The number of hydrogen-bond donors (Lipinski definition) is 1. The van der Waals surface area contributed by atoms with E-state index in [0.29, 0.717) is 17.1 Å². The third-order valence-corrected chi connectivity index (χ3v) is 2.31. The molecule has 0 spiro atoms. The Morgan fingerprint density at radius 3 is 2.36 bits per heavy atom. The predicted molar refractivity (Wildman–Crippen MR) is 37.1 cm³/mol. The van der Waals surface area contributed by atoms with Gasteiger partial charge in [0.2, 0.25) is 6.80 Å². The number of aliphatic hydroxyl groups is 1. The molecule has 0 aliphatic heterocycles. The zero-order chi connectivity index (χ0) is 7.61. The van der Waals surface area contributed by atoms with Gasteiger partial charge in [0.05, 0.1) is 19.7 Å². The van der Waals surface area contributed by atoms with Crippen LogP contribution in [0.5, 0.6) is 0 Å². The van der Waals surface area contributed by atoms with Gasteiger partial charge in [0.1, 0.15) is 6.54 Å². The lowest BCUT2D eigenvalue weighted by Crippen LogP contribution is -3.00. The van der Waals surface area contributed by atoms with Crippen LogP contribution in [0.3, 0.4) is 0 Å². The van der Waals surface area contributed by atoms with Crippen molar-refractivity contribution >= 4 is 0 Å². The molecule has 0 aromatic carbocycles. The van der Waals surface area contributed by atoms with E-state index >= 15 is 0 Å². The molecule has 11 heavy (non-hydrogen) atoms. The van der Waals surface area contributed by atoms with E-state index in [0.717, 1.165) is 12.8 Å². The van der Waals surface area contributed by atoms with Gasteiger partial charge in [-0.25, -0.2) is 0 Å². The van der Waals surface area contributed by atoms with Gasteiger partial charge in [-0.3, -0.25) is 4.48 Å². The summed E-state index contributed by atoms with van der Waals surface area (Å²) in [5.74, 6) is 0. The molecule has 1 atom stereocenters. The average molecular weight is 275 g/mol. The van der Waals surface area contributed by atoms with Crippen LogP contribution in [-0.4, -0.2) is 42.6 Å². The van der Waals surface area contributed by atoms with Gasteiger partial charge in [-0.2, -0.15) is 4.39 Å². The fraction of sp³-hybridized carbons (Fsp3) is 1.00. The monoisotopic (exact) mass is 275 g/mol. The highest BCUT2D eigenvalue weighted by atomic mass is 127. The third kappa shape index (κ3) is 2.83. The summed E-state index contributed by atoms with van der Waals surface area (Å²) in [6.45, 7) is 0.309. The summed E-state index contributed by atoms with van der Waals surface area (Å²) in [4.78, 5) is 0. The van der Waals surface area contributed by atoms with Gasteiger partial charge in [0.25, 0.3) is 0 Å². The van der Waals surface area contributed by atoms with Crippen LogP contribution in [0.25, 0.3) is 0 Å². The van der Waals surface area contributed by atoms with E-state index in [-0.39, 0.29) is 37.4 Å². The first-order chi connectivity index (χ1) is 4.73. The Kier molecular flexibility index (Phi) is 4.81. The van der Waals surface area contributed by atoms with Gasteiger partial charge in [0, 0.05) is 12.8 Å². The summed E-state index contributed by atoms with van der Waals surface area (Å²) in [6, 6.07) is 0.483. The van der Waals surface area contributed by atoms with Crippen LogP contribution in [0.15, 0.2) is 0 Å². The van der Waals surface area contributed by atoms with Crippen molar-refractivity contribution in [1.82, 2.24) is 0 Å². The van der Waals surface area contributed by atoms with Crippen molar-refractivity contribution in [2.75, 3.05) is 27.0 Å². The lowest BCUT2D eigenvalue weighted by atomic mass is 10.4. The van der Waals surface area contributed by atoms with E-state index in [1.54, 1.807) is 0 Å². The summed E-state index contributed by atoms with van der Waals surface area (Å²) in [5.41, 5.74) is 0. The number of aliphatic hydroxyl groups excluding tert-OH is 1. The minimum Gasteiger partial charge on any atom is -1.00 e. The van der Waals surface area contributed by atoms with Crippen molar-refractivity contribution in [3.63, 3.8) is 0 Å². The van der Waals surface area contributed by atoms with E-state index in [2.05, 4.69) is 0 Å². The molecule has 4 heteroatoms. The van der Waals surface area contributed by atoms with Gasteiger partial charge in [0.15, 0.2) is 0 Å². The zero-order valence-electron chi connectivity index (χ0n) is 6.76. The molecule has 0 aromatic heterocycles. The largest absolute Gasteiger partial charge is 1.00 e. The molecule has 2 nitrogen and oxygen atoms in total. The molecule has 0 amide bonds. The summed E-state index contributed by atoms with van der Waals surface area (Å²) in [7, 11) is 1.87. The molecule has 0 heterocycles. The predicted octanol–water partition coefficient (Wildman–Crippen LogP) is -2.48. The number of nitrogens with zero attached hydrogens (tertiary/aromatic N) is 1. The second-order valence-electron chi connectivity index (χ2n) is 3.28. The van der Waals surface area contributed by atoms with E-state index in [4.69, 9.17) is 5.11 Å². The highest BCUT2D eigenvalue weighted by Gasteiger charge is 2.40. The molecule has 0 bridgehead atoms. The third-order valence-electron chi connectivity index (χ3n) is 2.31. The van der Waals surface area contributed by atoms with Gasteiger partial charge < -0.3 is 29.1 Å². The first-order valence-electron chi connectivity index (χ1n) is 3.74. The molecule has 0 radical (unpaired) electrons. The van der Waals surface area contributed by atoms with Crippen LogP contribution >= 0.6 is 0 Å². The summed E-state index contributed by atoms with van der Waals surface area (Å²) in [6.07, 6.45) is 2.25. The standard InChI is InChI=1S/C7H15FNO.HI/c1-9(6-8,4-5-10)7-2-3-7;/h7,10H,2-6H2,1H3;1H/q+1;/p-1. The summed E-state index contributed by atoms with van der Waals surface area (Å²) in [5, 5.41) is 8.63. The molecule has 1 rings (SSSR count). The van der Waals surface area contributed by atoms with Crippen LogP contribution in [-0.2, 0) is 0 Å². The first-order valence-corrected chi connectivity index (χ1v) is 3.74. The normalized spacial score (nSPS) is 22.1. The van der Waals surface area contributed by atoms with Gasteiger partial charge in [-0.1, -0.05) is 0 Å². The number of hydrogen-bond acceptors (Lipinski definition) is 1.